The van der Waals surface area contributed by atoms with Crippen molar-refractivity contribution in [3.05, 3.63) is 0 Å². The standard InChI is InChI=1S/4CHO2.Co.H3N/c4*2-1-3;;/h4*(H,2,3);;1H3/q4*-1;;. The second-order valence-corrected chi connectivity index (χ2v) is 0.365. The van der Waals surface area contributed by atoms with Crippen molar-refractivity contribution in [1.29, 1.82) is 0 Å². The molecule has 0 aliphatic rings. The van der Waals surface area contributed by atoms with Crippen LogP contribution in [0.5, 0.6) is 0 Å². The molecule has 1 radical (unpaired) electrons. The van der Waals surface area contributed by atoms with E-state index in [0.717, 1.165) is 0 Å². The third-order valence-corrected chi connectivity index (χ3v) is 0. The van der Waals surface area contributed by atoms with Gasteiger partial charge in [-0.3, -0.25) is 0 Å². The van der Waals surface area contributed by atoms with E-state index in [0.29, 0.717) is 25.9 Å². The van der Waals surface area contributed by atoms with Crippen molar-refractivity contribution in [3.8, 4) is 0 Å². The SMILES string of the molecule is N.O=[C-]O.O=[C-]O.O=[C-]O.O=[C-]O.[Co]. The molecule has 0 saturated heterocycles. The van der Waals surface area contributed by atoms with Crippen LogP contribution in [0, 0.1) is 0 Å². The second kappa shape index (κ2) is 221. The van der Waals surface area contributed by atoms with E-state index in [1.54, 1.807) is 0 Å². The molecule has 0 aliphatic carbocycles. The molecule has 0 bridgehead atoms. The first-order chi connectivity index (χ1) is 5.66. The molecule has 0 aromatic carbocycles. The van der Waals surface area contributed by atoms with Gasteiger partial charge in [0.1, 0.15) is 0 Å². The van der Waals surface area contributed by atoms with Crippen LogP contribution >= 0.6 is 0 Å². The van der Waals surface area contributed by atoms with Gasteiger partial charge in [0.25, 0.3) is 0 Å². The van der Waals surface area contributed by atoms with Crippen molar-refractivity contribution < 1.29 is 56.4 Å². The maximum atomic E-state index is 8.24. The second-order valence-electron chi connectivity index (χ2n) is 0.365. The van der Waals surface area contributed by atoms with Crippen LogP contribution in [0.2, 0.25) is 0 Å². The van der Waals surface area contributed by atoms with Crippen LogP contribution in [0.3, 0.4) is 0 Å². The van der Waals surface area contributed by atoms with Crippen LogP contribution < -0.4 is 6.15 Å². The van der Waals surface area contributed by atoms with Gasteiger partial charge in [-0.1, -0.05) is 25.9 Å². The molecule has 89 valence electrons. The predicted octanol–water partition coefficient (Wildman–Crippen LogP) is -1.39. The molecule has 9 nitrogen and oxygen atoms in total. The van der Waals surface area contributed by atoms with Crippen LogP contribution in [0.15, 0.2) is 0 Å². The average molecular weight is 256 g/mol. The van der Waals surface area contributed by atoms with Crippen LogP contribution in [0.4, 0.5) is 0 Å². The molecule has 0 saturated carbocycles. The molecule has 7 N–H and O–H groups in total. The molecule has 0 fully saturated rings. The van der Waals surface area contributed by atoms with Gasteiger partial charge in [0.2, 0.25) is 0 Å². The van der Waals surface area contributed by atoms with E-state index in [1.165, 1.54) is 0 Å². The molecule has 0 amide bonds. The first-order valence-corrected chi connectivity index (χ1v) is 1.71. The average Bonchev–Trinajstić information content (AvgIpc) is 1.92. The van der Waals surface area contributed by atoms with Crippen LogP contribution in [0.1, 0.15) is 0 Å². The minimum Gasteiger partial charge on any atom is -0.665 e. The van der Waals surface area contributed by atoms with Gasteiger partial charge in [0.05, 0.1) is 0 Å². The van der Waals surface area contributed by atoms with E-state index >= 15 is 0 Å². The fourth-order valence-corrected chi connectivity index (χ4v) is 0. The summed E-state index contributed by atoms with van der Waals surface area (Å²) >= 11 is 0. The predicted molar refractivity (Wildman–Crippen MR) is 38.3 cm³/mol. The van der Waals surface area contributed by atoms with E-state index in [2.05, 4.69) is 0 Å². The quantitative estimate of drug-likeness (QED) is 0.325. The Hall–Kier alpha value is -1.65. The van der Waals surface area contributed by atoms with Gasteiger partial charge in [0.15, 0.2) is 0 Å². The van der Waals surface area contributed by atoms with Crippen molar-refractivity contribution in [3.63, 3.8) is 0 Å². The Morgan fingerprint density at radius 2 is 0.571 bits per heavy atom. The summed E-state index contributed by atoms with van der Waals surface area (Å²) in [5.74, 6) is 0. The Labute approximate surface area is 89.1 Å². The summed E-state index contributed by atoms with van der Waals surface area (Å²) < 4.78 is 0. The van der Waals surface area contributed by atoms with E-state index in [-0.39, 0.29) is 22.9 Å². The number of aliphatic hydroxyl groups excluding tert-OH is 4. The molecule has 0 rings (SSSR count). The van der Waals surface area contributed by atoms with Gasteiger partial charge < -0.3 is 45.8 Å². The zero-order chi connectivity index (χ0) is 10.8. The summed E-state index contributed by atoms with van der Waals surface area (Å²) in [4.78, 5) is 32.9. The maximum absolute atomic E-state index is 8.24. The Kier molecular flexibility index (Phi) is 622. The first kappa shape index (κ1) is 39.5. The fraction of sp³-hybridized carbons (Fsp3) is 0. The van der Waals surface area contributed by atoms with E-state index in [4.69, 9.17) is 39.6 Å². The zero-order valence-electron chi connectivity index (χ0n) is 6.46. The number of hydrogen-bond donors (Lipinski definition) is 5. The van der Waals surface area contributed by atoms with Gasteiger partial charge in [-0.05, 0) is 0 Å². The molecule has 14 heavy (non-hydrogen) atoms. The summed E-state index contributed by atoms with van der Waals surface area (Å²) in [5, 5.41) is 27.1. The Balaban J connectivity index is -0.0000000145. The van der Waals surface area contributed by atoms with Gasteiger partial charge >= 0.3 is 0 Å². The molecule has 0 unspecified atom stereocenters. The van der Waals surface area contributed by atoms with E-state index < -0.39 is 0 Å². The van der Waals surface area contributed by atoms with Crippen LogP contribution in [0.25, 0.3) is 0 Å². The normalized spacial score (nSPS) is 3.43. The molecule has 0 aromatic rings. The Morgan fingerprint density at radius 1 is 0.571 bits per heavy atom. The number of rotatable bonds is 0. The molecule has 0 aromatic heterocycles. The third-order valence-electron chi connectivity index (χ3n) is 0. The first-order valence-electron chi connectivity index (χ1n) is 1.71. The topological polar surface area (TPSA) is 184 Å². The maximum Gasteiger partial charge on any atom is 0 e. The van der Waals surface area contributed by atoms with E-state index in [1.807, 2.05) is 0 Å². The zero-order valence-corrected chi connectivity index (χ0v) is 7.50. The molecule has 10 heteroatoms. The van der Waals surface area contributed by atoms with E-state index in [9.17, 15) is 0 Å². The minimum absolute atomic E-state index is 0. The van der Waals surface area contributed by atoms with Crippen LogP contribution in [-0.2, 0) is 36.0 Å². The van der Waals surface area contributed by atoms with Gasteiger partial charge in [-0.2, -0.15) is 0 Å². The number of hydrogen-bond acceptors (Lipinski definition) is 5. The minimum atomic E-state index is 0. The van der Waals surface area contributed by atoms with Gasteiger partial charge in [0, 0.05) is 16.8 Å². The Bertz CT molecular complexity index is 75.3. The smallest absolute Gasteiger partial charge is 0 e. The van der Waals surface area contributed by atoms with Gasteiger partial charge in [-0.25, -0.2) is 0 Å². The fourth-order valence-electron chi connectivity index (χ4n) is 0. The van der Waals surface area contributed by atoms with Gasteiger partial charge in [-0.15, -0.1) is 0 Å². The van der Waals surface area contributed by atoms with Crippen molar-refractivity contribution in [1.82, 2.24) is 6.15 Å². The molecule has 0 heterocycles. The molecular weight excluding hydrogens is 249 g/mol. The molecule has 0 atom stereocenters. The molecule has 0 spiro atoms. The largest absolute Gasteiger partial charge is 0.665 e. The summed E-state index contributed by atoms with van der Waals surface area (Å²) in [7, 11) is 0. The molecular formula is C4H7CoNO8-4. The van der Waals surface area contributed by atoms with Crippen molar-refractivity contribution in [2.45, 2.75) is 0 Å². The summed E-state index contributed by atoms with van der Waals surface area (Å²) in [5.41, 5.74) is 0. The monoisotopic (exact) mass is 256 g/mol. The third kappa shape index (κ3) is 331. The van der Waals surface area contributed by atoms with Crippen molar-refractivity contribution in [2.24, 2.45) is 0 Å². The van der Waals surface area contributed by atoms with Crippen LogP contribution in [-0.4, -0.2) is 46.3 Å². The van der Waals surface area contributed by atoms with Crippen molar-refractivity contribution >= 4 is 25.9 Å². The van der Waals surface area contributed by atoms with Crippen molar-refractivity contribution in [2.75, 3.05) is 0 Å². The summed E-state index contributed by atoms with van der Waals surface area (Å²) in [6, 6.07) is 0. The summed E-state index contributed by atoms with van der Waals surface area (Å²) in [6.07, 6.45) is 0. The summed E-state index contributed by atoms with van der Waals surface area (Å²) in [6.45, 7) is 2.00. The molecule has 0 aliphatic heterocycles. The Morgan fingerprint density at radius 3 is 0.571 bits per heavy atom.